The summed E-state index contributed by atoms with van der Waals surface area (Å²) in [5, 5.41) is 12.7. The molecule has 2 nitrogen and oxygen atoms in total. The highest BCUT2D eigenvalue weighted by Crippen LogP contribution is 2.25. The zero-order valence-electron chi connectivity index (χ0n) is 7.84. The van der Waals surface area contributed by atoms with E-state index in [2.05, 4.69) is 21.2 Å². The van der Waals surface area contributed by atoms with Gasteiger partial charge in [-0.3, -0.25) is 0 Å². The monoisotopic (exact) mass is 243 g/mol. The first-order chi connectivity index (χ1) is 6.16. The van der Waals surface area contributed by atoms with Crippen molar-refractivity contribution < 1.29 is 5.11 Å². The van der Waals surface area contributed by atoms with Crippen LogP contribution in [-0.4, -0.2) is 18.7 Å². The number of aliphatic hydroxyl groups excluding tert-OH is 1. The third-order valence-corrected chi connectivity index (χ3v) is 3.06. The van der Waals surface area contributed by atoms with Crippen LogP contribution in [0.2, 0.25) is 0 Å². The Bertz CT molecular complexity index is 288. The lowest BCUT2D eigenvalue weighted by atomic mass is 10.1. The molecule has 0 bridgehead atoms. The van der Waals surface area contributed by atoms with E-state index < -0.39 is 6.10 Å². The quantitative estimate of drug-likeness (QED) is 0.852. The van der Waals surface area contributed by atoms with Gasteiger partial charge >= 0.3 is 0 Å². The van der Waals surface area contributed by atoms with E-state index >= 15 is 0 Å². The smallest absolute Gasteiger partial charge is 0.0925 e. The number of hydrogen-bond acceptors (Lipinski definition) is 2. The largest absolute Gasteiger partial charge is 0.387 e. The van der Waals surface area contributed by atoms with Gasteiger partial charge in [0.25, 0.3) is 0 Å². The van der Waals surface area contributed by atoms with Gasteiger partial charge in [-0.05, 0) is 25.1 Å². The molecule has 1 aromatic rings. The molecule has 1 unspecified atom stereocenters. The Balaban J connectivity index is 2.93. The maximum atomic E-state index is 9.73. The zero-order chi connectivity index (χ0) is 9.84. The fourth-order valence-corrected chi connectivity index (χ4v) is 1.76. The van der Waals surface area contributed by atoms with Crippen molar-refractivity contribution >= 4 is 15.9 Å². The van der Waals surface area contributed by atoms with Crippen molar-refractivity contribution in [1.29, 1.82) is 0 Å². The Morgan fingerprint density at radius 1 is 1.54 bits per heavy atom. The summed E-state index contributed by atoms with van der Waals surface area (Å²) in [5.41, 5.74) is 2.09. The molecule has 2 N–H and O–H groups in total. The molecule has 0 aliphatic carbocycles. The van der Waals surface area contributed by atoms with Crippen molar-refractivity contribution in [3.63, 3.8) is 0 Å². The third-order valence-electron chi connectivity index (χ3n) is 1.98. The molecule has 3 heteroatoms. The lowest BCUT2D eigenvalue weighted by Gasteiger charge is -2.13. The van der Waals surface area contributed by atoms with Crippen molar-refractivity contribution in [1.82, 2.24) is 5.32 Å². The summed E-state index contributed by atoms with van der Waals surface area (Å²) < 4.78 is 0.998. The summed E-state index contributed by atoms with van der Waals surface area (Å²) in [7, 11) is 1.83. The zero-order valence-corrected chi connectivity index (χ0v) is 9.43. The summed E-state index contributed by atoms with van der Waals surface area (Å²) >= 11 is 3.46. The molecule has 0 fully saturated rings. The molecule has 1 atom stereocenters. The van der Waals surface area contributed by atoms with E-state index in [0.29, 0.717) is 6.54 Å². The van der Waals surface area contributed by atoms with E-state index in [0.717, 1.165) is 15.6 Å². The van der Waals surface area contributed by atoms with E-state index in [4.69, 9.17) is 0 Å². The van der Waals surface area contributed by atoms with Crippen LogP contribution in [0, 0.1) is 6.92 Å². The fraction of sp³-hybridized carbons (Fsp3) is 0.400. The molecule has 0 spiro atoms. The van der Waals surface area contributed by atoms with Crippen LogP contribution < -0.4 is 5.32 Å². The van der Waals surface area contributed by atoms with E-state index in [-0.39, 0.29) is 0 Å². The Labute approximate surface area is 87.1 Å². The van der Waals surface area contributed by atoms with Crippen molar-refractivity contribution in [3.05, 3.63) is 33.8 Å². The predicted octanol–water partition coefficient (Wildman–Crippen LogP) is 2.01. The van der Waals surface area contributed by atoms with Gasteiger partial charge in [0.2, 0.25) is 0 Å². The van der Waals surface area contributed by atoms with Gasteiger partial charge in [-0.1, -0.05) is 34.1 Å². The minimum Gasteiger partial charge on any atom is -0.387 e. The van der Waals surface area contributed by atoms with Gasteiger partial charge in [0.15, 0.2) is 0 Å². The van der Waals surface area contributed by atoms with Crippen molar-refractivity contribution in [3.8, 4) is 0 Å². The molecule has 0 aromatic heterocycles. The van der Waals surface area contributed by atoms with Gasteiger partial charge in [0.1, 0.15) is 0 Å². The first-order valence-electron chi connectivity index (χ1n) is 4.24. The topological polar surface area (TPSA) is 32.3 Å². The Morgan fingerprint density at radius 2 is 2.23 bits per heavy atom. The number of nitrogens with one attached hydrogen (secondary N) is 1. The molecular formula is C10H14BrNO. The molecule has 0 aliphatic heterocycles. The molecule has 0 saturated heterocycles. The van der Waals surface area contributed by atoms with Gasteiger partial charge in [-0.15, -0.1) is 0 Å². The maximum absolute atomic E-state index is 9.73. The highest BCUT2D eigenvalue weighted by atomic mass is 79.9. The van der Waals surface area contributed by atoms with Gasteiger partial charge in [-0.2, -0.15) is 0 Å². The van der Waals surface area contributed by atoms with E-state index in [1.807, 2.05) is 32.2 Å². The molecule has 0 radical (unpaired) electrons. The highest BCUT2D eigenvalue weighted by Gasteiger charge is 2.10. The molecule has 0 aliphatic rings. The Kier molecular flexibility index (Phi) is 3.90. The molecule has 13 heavy (non-hydrogen) atoms. The van der Waals surface area contributed by atoms with Crippen LogP contribution >= 0.6 is 15.9 Å². The predicted molar refractivity (Wildman–Crippen MR) is 57.8 cm³/mol. The fourth-order valence-electron chi connectivity index (χ4n) is 1.23. The van der Waals surface area contributed by atoms with Gasteiger partial charge in [0, 0.05) is 11.0 Å². The number of halogens is 1. The summed E-state index contributed by atoms with van der Waals surface area (Å²) in [4.78, 5) is 0. The number of rotatable bonds is 3. The Hall–Kier alpha value is -0.380. The van der Waals surface area contributed by atoms with Crippen molar-refractivity contribution in [2.24, 2.45) is 0 Å². The molecule has 0 amide bonds. The Morgan fingerprint density at radius 3 is 2.85 bits per heavy atom. The van der Waals surface area contributed by atoms with E-state index in [1.54, 1.807) is 0 Å². The third kappa shape index (κ3) is 2.53. The van der Waals surface area contributed by atoms with Crippen LogP contribution in [0.25, 0.3) is 0 Å². The summed E-state index contributed by atoms with van der Waals surface area (Å²) in [6.07, 6.45) is -0.445. The number of hydrogen-bond donors (Lipinski definition) is 2. The number of aliphatic hydroxyl groups is 1. The van der Waals surface area contributed by atoms with Crippen LogP contribution in [0.1, 0.15) is 17.2 Å². The van der Waals surface area contributed by atoms with Crippen molar-refractivity contribution in [2.75, 3.05) is 13.6 Å². The number of aryl methyl sites for hydroxylation is 1. The van der Waals surface area contributed by atoms with Gasteiger partial charge in [-0.25, -0.2) is 0 Å². The minimum absolute atomic E-state index is 0.445. The average Bonchev–Trinajstić information content (AvgIpc) is 2.10. The van der Waals surface area contributed by atoms with Crippen molar-refractivity contribution in [2.45, 2.75) is 13.0 Å². The molecule has 0 saturated carbocycles. The summed E-state index contributed by atoms with van der Waals surface area (Å²) in [6, 6.07) is 5.90. The lowest BCUT2D eigenvalue weighted by molar-refractivity contribution is 0.177. The SMILES string of the molecule is CNCC(O)c1cccc(C)c1Br. The van der Waals surface area contributed by atoms with Crippen LogP contribution in [0.15, 0.2) is 22.7 Å². The summed E-state index contributed by atoms with van der Waals surface area (Å²) in [5.74, 6) is 0. The highest BCUT2D eigenvalue weighted by molar-refractivity contribution is 9.10. The van der Waals surface area contributed by atoms with E-state index in [1.165, 1.54) is 0 Å². The van der Waals surface area contributed by atoms with Crippen LogP contribution in [0.5, 0.6) is 0 Å². The second kappa shape index (κ2) is 4.74. The number of benzene rings is 1. The van der Waals surface area contributed by atoms with Gasteiger partial charge < -0.3 is 10.4 Å². The normalized spacial score (nSPS) is 12.9. The molecule has 72 valence electrons. The van der Waals surface area contributed by atoms with Crippen LogP contribution in [-0.2, 0) is 0 Å². The van der Waals surface area contributed by atoms with Crippen LogP contribution in [0.3, 0.4) is 0 Å². The standard InChI is InChI=1S/C10H14BrNO/c1-7-4-3-5-8(10(7)11)9(13)6-12-2/h3-5,9,12-13H,6H2,1-2H3. The molecule has 1 rings (SSSR count). The average molecular weight is 244 g/mol. The summed E-state index contributed by atoms with van der Waals surface area (Å²) in [6.45, 7) is 2.59. The molecule has 0 heterocycles. The second-order valence-electron chi connectivity index (χ2n) is 3.05. The molecule has 1 aromatic carbocycles. The minimum atomic E-state index is -0.445. The maximum Gasteiger partial charge on any atom is 0.0925 e. The van der Waals surface area contributed by atoms with E-state index in [9.17, 15) is 5.11 Å². The van der Waals surface area contributed by atoms with Crippen LogP contribution in [0.4, 0.5) is 0 Å². The second-order valence-corrected chi connectivity index (χ2v) is 3.84. The van der Waals surface area contributed by atoms with Gasteiger partial charge in [0.05, 0.1) is 6.10 Å². The number of likely N-dealkylation sites (N-methyl/N-ethyl adjacent to an activating group) is 1. The first kappa shape index (κ1) is 10.7. The molecular weight excluding hydrogens is 230 g/mol. The lowest BCUT2D eigenvalue weighted by Crippen LogP contribution is -2.17. The first-order valence-corrected chi connectivity index (χ1v) is 5.03.